The molecule has 0 spiro atoms. The molecule has 2 aromatic heterocycles. The zero-order valence-electron chi connectivity index (χ0n) is 16.4. The van der Waals surface area contributed by atoms with Crippen molar-refractivity contribution in [2.45, 2.75) is 0 Å². The molecule has 0 unspecified atom stereocenters. The van der Waals surface area contributed by atoms with Gasteiger partial charge in [-0.25, -0.2) is 13.9 Å². The lowest BCUT2D eigenvalue weighted by Gasteiger charge is -2.01. The van der Waals surface area contributed by atoms with Gasteiger partial charge >= 0.3 is 5.97 Å². The molecule has 4 aromatic rings. The number of ether oxygens (including phenoxy) is 1. The van der Waals surface area contributed by atoms with Crippen molar-refractivity contribution in [2.24, 2.45) is 0 Å². The van der Waals surface area contributed by atoms with E-state index >= 15 is 0 Å². The second-order valence-corrected chi connectivity index (χ2v) is 6.67. The fourth-order valence-electron chi connectivity index (χ4n) is 2.98. The lowest BCUT2D eigenvalue weighted by molar-refractivity contribution is -0.136. The van der Waals surface area contributed by atoms with E-state index < -0.39 is 5.97 Å². The first-order valence-corrected chi connectivity index (χ1v) is 9.52. The average molecular weight is 415 g/mol. The van der Waals surface area contributed by atoms with Gasteiger partial charge in [0.15, 0.2) is 6.61 Å². The summed E-state index contributed by atoms with van der Waals surface area (Å²) in [7, 11) is 0. The highest BCUT2D eigenvalue weighted by Gasteiger charge is 2.12. The number of hydrogen-bond acceptors (Lipinski definition) is 4. The van der Waals surface area contributed by atoms with Crippen LogP contribution < -0.4 is 0 Å². The molecule has 4 rings (SSSR count). The summed E-state index contributed by atoms with van der Waals surface area (Å²) in [5.74, 6) is -1.33. The van der Waals surface area contributed by atoms with Gasteiger partial charge in [0.05, 0.1) is 17.1 Å². The van der Waals surface area contributed by atoms with Crippen molar-refractivity contribution in [3.05, 3.63) is 102 Å². The van der Waals surface area contributed by atoms with Crippen LogP contribution in [0.2, 0.25) is 0 Å². The Hall–Kier alpha value is -4.26. The van der Waals surface area contributed by atoms with E-state index in [1.165, 1.54) is 18.2 Å². The van der Waals surface area contributed by atoms with E-state index in [0.717, 1.165) is 5.69 Å². The second kappa shape index (κ2) is 9.04. The van der Waals surface area contributed by atoms with Gasteiger partial charge in [-0.05, 0) is 54.6 Å². The summed E-state index contributed by atoms with van der Waals surface area (Å²) < 4.78 is 20.1. The number of carbonyl (C=O) groups is 2. The van der Waals surface area contributed by atoms with Gasteiger partial charge in [0.2, 0.25) is 5.78 Å². The first-order chi connectivity index (χ1) is 15.1. The average Bonchev–Trinajstić information content (AvgIpc) is 3.48. The Balaban J connectivity index is 1.55. The Morgan fingerprint density at radius 3 is 2.52 bits per heavy atom. The lowest BCUT2D eigenvalue weighted by atomic mass is 10.1. The van der Waals surface area contributed by atoms with Crippen LogP contribution in [0.1, 0.15) is 16.1 Å². The Morgan fingerprint density at radius 2 is 1.81 bits per heavy atom. The molecular formula is C24H18FN3O3. The Kier molecular flexibility index (Phi) is 5.84. The van der Waals surface area contributed by atoms with Crippen LogP contribution >= 0.6 is 0 Å². The molecule has 0 aliphatic carbocycles. The van der Waals surface area contributed by atoms with E-state index in [2.05, 4.69) is 10.1 Å². The third kappa shape index (κ3) is 4.84. The second-order valence-electron chi connectivity index (χ2n) is 6.67. The van der Waals surface area contributed by atoms with Crippen LogP contribution in [0.4, 0.5) is 4.39 Å². The molecule has 6 nitrogen and oxygen atoms in total. The number of aromatic amines is 1. The van der Waals surface area contributed by atoms with Gasteiger partial charge in [-0.2, -0.15) is 5.10 Å². The minimum absolute atomic E-state index is 0.323. The van der Waals surface area contributed by atoms with E-state index in [4.69, 9.17) is 4.74 Å². The van der Waals surface area contributed by atoms with Crippen LogP contribution in [0, 0.1) is 5.82 Å². The van der Waals surface area contributed by atoms with E-state index in [9.17, 15) is 14.0 Å². The molecule has 0 fully saturated rings. The van der Waals surface area contributed by atoms with Crippen molar-refractivity contribution in [1.29, 1.82) is 0 Å². The molecule has 7 heteroatoms. The van der Waals surface area contributed by atoms with Crippen molar-refractivity contribution in [2.75, 3.05) is 6.61 Å². The van der Waals surface area contributed by atoms with Crippen molar-refractivity contribution in [3.63, 3.8) is 0 Å². The maximum Gasteiger partial charge on any atom is 0.331 e. The maximum atomic E-state index is 13.3. The monoisotopic (exact) mass is 415 g/mol. The minimum atomic E-state index is -0.655. The Labute approximate surface area is 177 Å². The fourth-order valence-corrected chi connectivity index (χ4v) is 2.98. The summed E-state index contributed by atoms with van der Waals surface area (Å²) in [5, 5.41) is 4.60. The first-order valence-electron chi connectivity index (χ1n) is 9.52. The quantitative estimate of drug-likeness (QED) is 0.275. The molecule has 31 heavy (non-hydrogen) atoms. The number of hydrogen-bond donors (Lipinski definition) is 1. The molecule has 1 N–H and O–H groups in total. The SMILES string of the molecule is O=C(/C=C/c1cn(-c2ccccc2)nc1-c1ccc(F)cc1)OCC(=O)c1ccc[nH]1. The molecule has 0 saturated carbocycles. The molecule has 0 aliphatic heterocycles. The van der Waals surface area contributed by atoms with Gasteiger partial charge in [-0.1, -0.05) is 18.2 Å². The largest absolute Gasteiger partial charge is 0.454 e. The summed E-state index contributed by atoms with van der Waals surface area (Å²) in [6.07, 6.45) is 6.19. The molecule has 154 valence electrons. The molecule has 0 aliphatic rings. The smallest absolute Gasteiger partial charge is 0.331 e. The number of Topliss-reactive ketones (excluding diaryl/α,β-unsaturated/α-hetero) is 1. The summed E-state index contributed by atoms with van der Waals surface area (Å²) in [6.45, 7) is -0.363. The minimum Gasteiger partial charge on any atom is -0.454 e. The van der Waals surface area contributed by atoms with Crippen LogP contribution in [-0.4, -0.2) is 33.1 Å². The molecule has 0 saturated heterocycles. The number of halogens is 1. The summed E-state index contributed by atoms with van der Waals surface area (Å²) >= 11 is 0. The number of para-hydroxylation sites is 1. The molecule has 2 aromatic carbocycles. The predicted octanol–water partition coefficient (Wildman–Crippen LogP) is 4.45. The zero-order valence-corrected chi connectivity index (χ0v) is 16.4. The van der Waals surface area contributed by atoms with Gasteiger partial charge in [0, 0.05) is 29.6 Å². The summed E-state index contributed by atoms with van der Waals surface area (Å²) in [6, 6.07) is 18.7. The first kappa shape index (κ1) is 20.0. The highest BCUT2D eigenvalue weighted by Crippen LogP contribution is 2.25. The number of nitrogens with zero attached hydrogens (tertiary/aromatic N) is 2. The van der Waals surface area contributed by atoms with Crippen LogP contribution in [0.5, 0.6) is 0 Å². The third-order valence-electron chi connectivity index (χ3n) is 4.52. The number of aromatic nitrogens is 3. The summed E-state index contributed by atoms with van der Waals surface area (Å²) in [5.41, 5.74) is 3.13. The molecule has 0 atom stereocenters. The summed E-state index contributed by atoms with van der Waals surface area (Å²) in [4.78, 5) is 26.8. The predicted molar refractivity (Wildman–Crippen MR) is 114 cm³/mol. The topological polar surface area (TPSA) is 77.0 Å². The molecule has 2 heterocycles. The van der Waals surface area contributed by atoms with Crippen molar-refractivity contribution in [1.82, 2.24) is 14.8 Å². The molecular weight excluding hydrogens is 397 g/mol. The highest BCUT2D eigenvalue weighted by molar-refractivity contribution is 5.97. The van der Waals surface area contributed by atoms with Crippen LogP contribution in [0.25, 0.3) is 23.0 Å². The number of benzene rings is 2. The van der Waals surface area contributed by atoms with E-state index in [1.807, 2.05) is 30.3 Å². The van der Waals surface area contributed by atoms with Crippen LogP contribution in [0.15, 0.2) is 85.2 Å². The van der Waals surface area contributed by atoms with Gasteiger partial charge in [-0.3, -0.25) is 4.79 Å². The lowest BCUT2D eigenvalue weighted by Crippen LogP contribution is -2.12. The number of esters is 1. The highest BCUT2D eigenvalue weighted by atomic mass is 19.1. The van der Waals surface area contributed by atoms with Crippen molar-refractivity contribution < 1.29 is 18.7 Å². The fraction of sp³-hybridized carbons (Fsp3) is 0.0417. The number of nitrogens with one attached hydrogen (secondary N) is 1. The van der Waals surface area contributed by atoms with Gasteiger partial charge < -0.3 is 9.72 Å². The normalized spacial score (nSPS) is 11.0. The molecule has 0 radical (unpaired) electrons. The van der Waals surface area contributed by atoms with Crippen molar-refractivity contribution >= 4 is 17.8 Å². The molecule has 0 bridgehead atoms. The standard InChI is InChI=1S/C24H18FN3O3/c25-19-11-8-17(9-12-19)24-18(15-28(27-24)20-5-2-1-3-6-20)10-13-23(30)31-16-22(29)21-7-4-14-26-21/h1-15,26H,16H2/b13-10+. The van der Waals surface area contributed by atoms with Gasteiger partial charge in [-0.15, -0.1) is 0 Å². The Morgan fingerprint density at radius 1 is 1.03 bits per heavy atom. The van der Waals surface area contributed by atoms with E-state index in [-0.39, 0.29) is 18.2 Å². The maximum absolute atomic E-state index is 13.3. The van der Waals surface area contributed by atoms with Gasteiger partial charge in [0.1, 0.15) is 5.82 Å². The number of H-pyrrole nitrogens is 1. The van der Waals surface area contributed by atoms with Crippen LogP contribution in [-0.2, 0) is 9.53 Å². The zero-order chi connectivity index (χ0) is 21.6. The van der Waals surface area contributed by atoms with E-state index in [1.54, 1.807) is 47.4 Å². The Bertz CT molecular complexity index is 1210. The molecule has 0 amide bonds. The van der Waals surface area contributed by atoms with E-state index in [0.29, 0.717) is 22.5 Å². The number of carbonyl (C=O) groups excluding carboxylic acids is 2. The number of rotatable bonds is 7. The van der Waals surface area contributed by atoms with Crippen molar-refractivity contribution in [3.8, 4) is 16.9 Å². The third-order valence-corrected chi connectivity index (χ3v) is 4.52. The number of ketones is 1. The van der Waals surface area contributed by atoms with Gasteiger partial charge in [0.25, 0.3) is 0 Å². The van der Waals surface area contributed by atoms with Crippen LogP contribution in [0.3, 0.4) is 0 Å².